The first kappa shape index (κ1) is 23.4. The number of sulfonamides is 1. The normalized spacial score (nSPS) is 20.1. The van der Waals surface area contributed by atoms with Crippen LogP contribution < -0.4 is 0 Å². The lowest BCUT2D eigenvalue weighted by molar-refractivity contribution is -0.151. The van der Waals surface area contributed by atoms with E-state index in [1.165, 1.54) is 35.7 Å². The number of esters is 1. The van der Waals surface area contributed by atoms with Gasteiger partial charge in [-0.25, -0.2) is 21.9 Å². The summed E-state index contributed by atoms with van der Waals surface area (Å²) in [6.45, 7) is 1.55. The largest absolute Gasteiger partial charge is 0.468 e. The fourth-order valence-electron chi connectivity index (χ4n) is 4.86. The first-order valence-corrected chi connectivity index (χ1v) is 12.5. The van der Waals surface area contributed by atoms with E-state index in [-0.39, 0.29) is 36.6 Å². The zero-order valence-corrected chi connectivity index (χ0v) is 20.0. The molecule has 35 heavy (non-hydrogen) atoms. The SMILES string of the molecule is COC(=O)[C@]12Cc3cnn(-c4ccc(F)cc4)c3C=C1CCN(S(=O)(=O)c1ccc(C)c(F)c1)C2. The van der Waals surface area contributed by atoms with Gasteiger partial charge in [-0.15, -0.1) is 0 Å². The number of halogens is 2. The van der Waals surface area contributed by atoms with Crippen molar-refractivity contribution < 1.29 is 26.7 Å². The highest BCUT2D eigenvalue weighted by atomic mass is 32.2. The Kier molecular flexibility index (Phi) is 5.60. The first-order chi connectivity index (χ1) is 16.7. The Bertz CT molecular complexity index is 1460. The molecule has 0 bridgehead atoms. The monoisotopic (exact) mass is 499 g/mol. The van der Waals surface area contributed by atoms with Crippen molar-refractivity contribution in [2.75, 3.05) is 20.2 Å². The van der Waals surface area contributed by atoms with Crippen molar-refractivity contribution in [1.82, 2.24) is 14.1 Å². The second kappa shape index (κ2) is 8.39. The smallest absolute Gasteiger partial charge is 0.317 e. The molecule has 1 saturated heterocycles. The topological polar surface area (TPSA) is 81.5 Å². The van der Waals surface area contributed by atoms with E-state index in [9.17, 15) is 22.0 Å². The van der Waals surface area contributed by atoms with Gasteiger partial charge in [0.25, 0.3) is 0 Å². The molecular formula is C25H23F2N3O4S. The maximum absolute atomic E-state index is 14.1. The summed E-state index contributed by atoms with van der Waals surface area (Å²) >= 11 is 0. The molecule has 3 aromatic rings. The molecule has 1 atom stereocenters. The Labute approximate surface area is 201 Å². The third kappa shape index (κ3) is 3.77. The van der Waals surface area contributed by atoms with E-state index >= 15 is 0 Å². The van der Waals surface area contributed by atoms with Crippen LogP contribution in [0.15, 0.2) is 59.1 Å². The summed E-state index contributed by atoms with van der Waals surface area (Å²) in [7, 11) is -2.78. The van der Waals surface area contributed by atoms with E-state index in [4.69, 9.17) is 4.74 Å². The number of methoxy groups -OCH3 is 1. The molecule has 1 aromatic heterocycles. The third-order valence-corrected chi connectivity index (χ3v) is 8.65. The van der Waals surface area contributed by atoms with Crippen molar-refractivity contribution in [2.45, 2.75) is 24.7 Å². The molecule has 1 aliphatic carbocycles. The van der Waals surface area contributed by atoms with Crippen LogP contribution in [0.25, 0.3) is 11.8 Å². The maximum Gasteiger partial charge on any atom is 0.317 e. The number of nitrogens with zero attached hydrogens (tertiary/aromatic N) is 3. The summed E-state index contributed by atoms with van der Waals surface area (Å²) < 4.78 is 62.3. The van der Waals surface area contributed by atoms with Gasteiger partial charge in [0.05, 0.1) is 29.6 Å². The predicted octanol–water partition coefficient (Wildman–Crippen LogP) is 3.65. The fourth-order valence-corrected chi connectivity index (χ4v) is 6.37. The van der Waals surface area contributed by atoms with Crippen LogP contribution in [-0.2, 0) is 26.0 Å². The van der Waals surface area contributed by atoms with E-state index in [0.717, 1.165) is 22.9 Å². The van der Waals surface area contributed by atoms with Crippen LogP contribution in [0.2, 0.25) is 0 Å². The van der Waals surface area contributed by atoms with Gasteiger partial charge in [0.15, 0.2) is 0 Å². The molecule has 2 aromatic carbocycles. The highest BCUT2D eigenvalue weighted by Gasteiger charge is 2.51. The minimum Gasteiger partial charge on any atom is -0.468 e. The van der Waals surface area contributed by atoms with E-state index in [0.29, 0.717) is 11.3 Å². The van der Waals surface area contributed by atoms with Gasteiger partial charge in [-0.1, -0.05) is 6.07 Å². The van der Waals surface area contributed by atoms with Crippen molar-refractivity contribution >= 4 is 22.1 Å². The Hall–Kier alpha value is -3.37. The molecule has 7 nitrogen and oxygen atoms in total. The van der Waals surface area contributed by atoms with Gasteiger partial charge in [0.2, 0.25) is 10.0 Å². The van der Waals surface area contributed by atoms with Crippen molar-refractivity contribution in [2.24, 2.45) is 5.41 Å². The average molecular weight is 500 g/mol. The van der Waals surface area contributed by atoms with Gasteiger partial charge < -0.3 is 4.74 Å². The molecule has 0 saturated carbocycles. The van der Waals surface area contributed by atoms with Gasteiger partial charge in [0.1, 0.15) is 17.0 Å². The summed E-state index contributed by atoms with van der Waals surface area (Å²) in [4.78, 5) is 13.0. The van der Waals surface area contributed by atoms with Crippen molar-refractivity contribution in [3.63, 3.8) is 0 Å². The van der Waals surface area contributed by atoms with Crippen LogP contribution in [0.4, 0.5) is 8.78 Å². The number of ether oxygens (including phenoxy) is 1. The molecule has 0 unspecified atom stereocenters. The number of hydrogen-bond acceptors (Lipinski definition) is 5. The van der Waals surface area contributed by atoms with E-state index < -0.39 is 27.2 Å². The zero-order valence-electron chi connectivity index (χ0n) is 19.2. The number of rotatable bonds is 4. The standard InChI is InChI=1S/C25H23F2N3O4S/c1-16-3-8-21(12-22(16)27)35(32,33)29-10-9-18-11-23-17(13-25(18,15-29)24(31)34-2)14-28-30(23)20-6-4-19(26)5-7-20/h3-8,11-12,14H,9-10,13,15H2,1-2H3/t25-/m0/s1. The molecule has 182 valence electrons. The van der Waals surface area contributed by atoms with Gasteiger partial charge in [-0.2, -0.15) is 9.40 Å². The van der Waals surface area contributed by atoms with Gasteiger partial charge in [0, 0.05) is 13.1 Å². The van der Waals surface area contributed by atoms with E-state index in [1.54, 1.807) is 29.9 Å². The second-order valence-electron chi connectivity index (χ2n) is 8.86. The summed E-state index contributed by atoms with van der Waals surface area (Å²) in [6, 6.07) is 9.70. The highest BCUT2D eigenvalue weighted by Crippen LogP contribution is 2.46. The number of aryl methyl sites for hydroxylation is 1. The summed E-state index contributed by atoms with van der Waals surface area (Å²) in [5.74, 6) is -1.51. The first-order valence-electron chi connectivity index (χ1n) is 11.0. The molecule has 1 fully saturated rings. The lowest BCUT2D eigenvalue weighted by Gasteiger charge is -2.43. The molecule has 10 heteroatoms. The Balaban J connectivity index is 1.54. The quantitative estimate of drug-likeness (QED) is 0.512. The van der Waals surface area contributed by atoms with Gasteiger partial charge in [-0.3, -0.25) is 4.79 Å². The Morgan fingerprint density at radius 2 is 1.89 bits per heavy atom. The number of carbonyl (C=O) groups excluding carboxylic acids is 1. The zero-order chi connectivity index (χ0) is 25.0. The average Bonchev–Trinajstić information content (AvgIpc) is 3.25. The lowest BCUT2D eigenvalue weighted by atomic mass is 9.69. The number of hydrogen-bond donors (Lipinski definition) is 0. The highest BCUT2D eigenvalue weighted by molar-refractivity contribution is 7.89. The molecule has 0 radical (unpaired) electrons. The lowest BCUT2D eigenvalue weighted by Crippen LogP contribution is -2.53. The third-order valence-electron chi connectivity index (χ3n) is 6.81. The van der Waals surface area contributed by atoms with Crippen LogP contribution in [-0.4, -0.2) is 48.7 Å². The van der Waals surface area contributed by atoms with Crippen LogP contribution >= 0.6 is 0 Å². The number of fused-ring (bicyclic) bond motifs is 2. The number of piperidine rings is 1. The molecule has 2 heterocycles. The molecule has 0 N–H and O–H groups in total. The Morgan fingerprint density at radius 3 is 2.57 bits per heavy atom. The van der Waals surface area contributed by atoms with E-state index in [2.05, 4.69) is 5.10 Å². The van der Waals surface area contributed by atoms with Crippen molar-refractivity contribution in [3.8, 4) is 5.69 Å². The minimum atomic E-state index is -4.05. The molecule has 5 rings (SSSR count). The van der Waals surface area contributed by atoms with Gasteiger partial charge in [-0.05, 0) is 78.9 Å². The molecule has 1 aliphatic heterocycles. The fraction of sp³-hybridized carbons (Fsp3) is 0.280. The number of aromatic nitrogens is 2. The van der Waals surface area contributed by atoms with Crippen molar-refractivity contribution in [1.29, 1.82) is 0 Å². The van der Waals surface area contributed by atoms with E-state index in [1.807, 2.05) is 6.08 Å². The summed E-state index contributed by atoms with van der Waals surface area (Å²) in [5, 5.41) is 4.43. The van der Waals surface area contributed by atoms with Gasteiger partial charge >= 0.3 is 5.97 Å². The number of benzene rings is 2. The van der Waals surface area contributed by atoms with Crippen molar-refractivity contribution in [3.05, 3.63) is 82.7 Å². The van der Waals surface area contributed by atoms with Crippen LogP contribution in [0.5, 0.6) is 0 Å². The number of carbonyl (C=O) groups is 1. The Morgan fingerprint density at radius 1 is 1.14 bits per heavy atom. The molecule has 0 amide bonds. The van der Waals surface area contributed by atoms with Crippen LogP contribution in [0.1, 0.15) is 23.2 Å². The maximum atomic E-state index is 14.1. The molecule has 2 aliphatic rings. The molecule has 0 spiro atoms. The molecular weight excluding hydrogens is 476 g/mol. The summed E-state index contributed by atoms with van der Waals surface area (Å²) in [6.07, 6.45) is 3.95. The predicted molar refractivity (Wildman–Crippen MR) is 124 cm³/mol. The summed E-state index contributed by atoms with van der Waals surface area (Å²) in [5.41, 5.74) is 2.01. The van der Waals surface area contributed by atoms with Crippen LogP contribution in [0.3, 0.4) is 0 Å². The second-order valence-corrected chi connectivity index (χ2v) is 10.8. The van der Waals surface area contributed by atoms with Crippen LogP contribution in [0, 0.1) is 24.0 Å². The minimum absolute atomic E-state index is 0.127.